The van der Waals surface area contributed by atoms with Crippen molar-refractivity contribution in [2.75, 3.05) is 12.3 Å². The molecule has 1 aromatic heterocycles. The minimum atomic E-state index is -0.775. The summed E-state index contributed by atoms with van der Waals surface area (Å²) in [4.78, 5) is 32.3. The summed E-state index contributed by atoms with van der Waals surface area (Å²) in [7, 11) is 0. The molecule has 1 aliphatic carbocycles. The van der Waals surface area contributed by atoms with Crippen molar-refractivity contribution < 1.29 is 19.0 Å². The molecule has 3 aromatic rings. The number of nitrogen functional groups attached to an aromatic ring is 1. The zero-order valence-electron chi connectivity index (χ0n) is 19.4. The van der Waals surface area contributed by atoms with Gasteiger partial charge in [0.25, 0.3) is 5.56 Å². The van der Waals surface area contributed by atoms with Gasteiger partial charge in [-0.05, 0) is 17.5 Å². The molecule has 0 saturated heterocycles. The van der Waals surface area contributed by atoms with E-state index in [1.807, 2.05) is 60.7 Å². The molecule has 0 spiro atoms. The Balaban J connectivity index is 1.46. The van der Waals surface area contributed by atoms with Crippen molar-refractivity contribution >= 4 is 12.0 Å². The Morgan fingerprint density at radius 3 is 2.28 bits per heavy atom. The Hall–Kier alpha value is -4.40. The van der Waals surface area contributed by atoms with E-state index in [-0.39, 0.29) is 55.4 Å². The molecule has 2 heterocycles. The second-order valence-corrected chi connectivity index (χ2v) is 8.74. The minimum absolute atomic E-state index is 0.0196. The standard InChI is InChI=1S/C27H25FN4O4/c28-21-15-19(33)11-12-23(21)36-27(35)31-14-13-20-22(16-31)30-26(29)32(25(20)34)24(17-7-3-1-4-8-17)18-9-5-2-6-10-18/h1-10,15,24,33H,11-14,16H2,(H2,29,30). The van der Waals surface area contributed by atoms with Gasteiger partial charge in [-0.25, -0.2) is 14.2 Å². The van der Waals surface area contributed by atoms with Crippen molar-refractivity contribution in [3.8, 4) is 0 Å². The lowest BCUT2D eigenvalue weighted by Gasteiger charge is -2.30. The SMILES string of the molecule is Nc1nc2c(c(=O)n1C(c1ccccc1)c1ccccc1)CCN(C(=O)OC1=C(F)C=C(O)CC1)C2. The van der Waals surface area contributed by atoms with Crippen molar-refractivity contribution in [2.24, 2.45) is 0 Å². The molecule has 0 radical (unpaired) electrons. The van der Waals surface area contributed by atoms with Crippen molar-refractivity contribution in [1.29, 1.82) is 0 Å². The Bertz CT molecular complexity index is 1380. The summed E-state index contributed by atoms with van der Waals surface area (Å²) in [5.74, 6) is -0.963. The summed E-state index contributed by atoms with van der Waals surface area (Å²) in [5.41, 5.74) is 8.76. The highest BCUT2D eigenvalue weighted by Gasteiger charge is 2.30. The number of anilines is 1. The first-order valence-corrected chi connectivity index (χ1v) is 11.7. The van der Waals surface area contributed by atoms with Gasteiger partial charge in [0.2, 0.25) is 5.95 Å². The van der Waals surface area contributed by atoms with E-state index in [9.17, 15) is 19.1 Å². The minimum Gasteiger partial charge on any atom is -0.512 e. The first-order chi connectivity index (χ1) is 17.4. The molecule has 1 amide bonds. The zero-order chi connectivity index (χ0) is 25.2. The van der Waals surface area contributed by atoms with E-state index in [4.69, 9.17) is 10.5 Å². The number of aliphatic hydroxyl groups excluding tert-OH is 1. The smallest absolute Gasteiger partial charge is 0.415 e. The molecule has 36 heavy (non-hydrogen) atoms. The second kappa shape index (κ2) is 9.69. The third-order valence-corrected chi connectivity index (χ3v) is 6.42. The van der Waals surface area contributed by atoms with Crippen LogP contribution in [0.1, 0.15) is 41.3 Å². The Morgan fingerprint density at radius 1 is 1.03 bits per heavy atom. The molecule has 0 saturated carbocycles. The van der Waals surface area contributed by atoms with Gasteiger partial charge in [-0.2, -0.15) is 0 Å². The molecular weight excluding hydrogens is 463 g/mol. The topological polar surface area (TPSA) is 111 Å². The first-order valence-electron chi connectivity index (χ1n) is 11.7. The highest BCUT2D eigenvalue weighted by Crippen LogP contribution is 2.29. The lowest BCUT2D eigenvalue weighted by Crippen LogP contribution is -2.42. The van der Waals surface area contributed by atoms with Gasteiger partial charge in [0.15, 0.2) is 5.83 Å². The van der Waals surface area contributed by atoms with Crippen LogP contribution in [-0.2, 0) is 17.7 Å². The lowest BCUT2D eigenvalue weighted by molar-refractivity contribution is 0.116. The highest BCUT2D eigenvalue weighted by atomic mass is 19.1. The van der Waals surface area contributed by atoms with Gasteiger partial charge in [0, 0.05) is 31.0 Å². The van der Waals surface area contributed by atoms with E-state index >= 15 is 0 Å². The number of aromatic nitrogens is 2. The van der Waals surface area contributed by atoms with Crippen LogP contribution in [0.5, 0.6) is 0 Å². The lowest BCUT2D eigenvalue weighted by atomic mass is 9.97. The number of ether oxygens (including phenoxy) is 1. The summed E-state index contributed by atoms with van der Waals surface area (Å²) in [6.07, 6.45) is 0.741. The number of carbonyl (C=O) groups is 1. The molecule has 0 fully saturated rings. The monoisotopic (exact) mass is 488 g/mol. The first kappa shape index (κ1) is 23.3. The van der Waals surface area contributed by atoms with Gasteiger partial charge in [-0.1, -0.05) is 60.7 Å². The van der Waals surface area contributed by atoms with Gasteiger partial charge in [0.05, 0.1) is 24.0 Å². The number of halogens is 1. The van der Waals surface area contributed by atoms with Crippen LogP contribution < -0.4 is 11.3 Å². The van der Waals surface area contributed by atoms with Crippen LogP contribution in [0.3, 0.4) is 0 Å². The van der Waals surface area contributed by atoms with Crippen LogP contribution in [0.4, 0.5) is 15.1 Å². The Kier molecular flexibility index (Phi) is 6.28. The third kappa shape index (κ3) is 4.47. The number of carbonyl (C=O) groups excluding carboxylic acids is 1. The summed E-state index contributed by atoms with van der Waals surface area (Å²) < 4.78 is 20.8. The van der Waals surface area contributed by atoms with Gasteiger partial charge in [0.1, 0.15) is 5.76 Å². The number of amides is 1. The van der Waals surface area contributed by atoms with Crippen LogP contribution in [0, 0.1) is 0 Å². The number of rotatable bonds is 4. The van der Waals surface area contributed by atoms with Crippen LogP contribution in [0.25, 0.3) is 0 Å². The van der Waals surface area contributed by atoms with E-state index in [0.717, 1.165) is 17.2 Å². The van der Waals surface area contributed by atoms with Crippen molar-refractivity contribution in [3.63, 3.8) is 0 Å². The third-order valence-electron chi connectivity index (χ3n) is 6.42. The van der Waals surface area contributed by atoms with Crippen molar-refractivity contribution in [1.82, 2.24) is 14.5 Å². The average Bonchev–Trinajstić information content (AvgIpc) is 2.88. The molecule has 5 rings (SSSR count). The van der Waals surface area contributed by atoms with Crippen LogP contribution in [0.15, 0.2) is 88.9 Å². The molecule has 1 aliphatic heterocycles. The van der Waals surface area contributed by atoms with Crippen LogP contribution in [0.2, 0.25) is 0 Å². The molecule has 8 nitrogen and oxygen atoms in total. The number of hydrogen-bond acceptors (Lipinski definition) is 6. The van der Waals surface area contributed by atoms with E-state index in [1.54, 1.807) is 0 Å². The number of nitrogens with two attached hydrogens (primary N) is 1. The molecule has 0 unspecified atom stereocenters. The fourth-order valence-corrected chi connectivity index (χ4v) is 4.62. The van der Waals surface area contributed by atoms with Gasteiger partial charge in [-0.3, -0.25) is 9.36 Å². The Labute approximate surface area is 206 Å². The van der Waals surface area contributed by atoms with Gasteiger partial charge < -0.3 is 20.5 Å². The molecule has 9 heteroatoms. The van der Waals surface area contributed by atoms with Gasteiger partial charge >= 0.3 is 6.09 Å². The largest absolute Gasteiger partial charge is 0.512 e. The number of nitrogens with zero attached hydrogens (tertiary/aromatic N) is 3. The van der Waals surface area contributed by atoms with Crippen molar-refractivity contribution in [3.05, 3.63) is 117 Å². The number of allylic oxidation sites excluding steroid dienone is 4. The maximum atomic E-state index is 14.0. The van der Waals surface area contributed by atoms with Gasteiger partial charge in [-0.15, -0.1) is 0 Å². The molecule has 2 aromatic carbocycles. The molecule has 0 atom stereocenters. The summed E-state index contributed by atoms with van der Waals surface area (Å²) >= 11 is 0. The molecule has 184 valence electrons. The number of benzene rings is 2. The van der Waals surface area contributed by atoms with E-state index in [1.165, 1.54) is 9.47 Å². The van der Waals surface area contributed by atoms with E-state index in [0.29, 0.717) is 11.3 Å². The predicted molar refractivity (Wildman–Crippen MR) is 132 cm³/mol. The maximum Gasteiger partial charge on any atom is 0.415 e. The fourth-order valence-electron chi connectivity index (χ4n) is 4.62. The molecule has 3 N–H and O–H groups in total. The molecule has 2 aliphatic rings. The number of aliphatic hydroxyl groups is 1. The zero-order valence-corrected chi connectivity index (χ0v) is 19.4. The van der Waals surface area contributed by atoms with Crippen LogP contribution in [-0.4, -0.2) is 32.2 Å². The maximum absolute atomic E-state index is 14.0. The molecular formula is C27H25FN4O4. The quantitative estimate of drug-likeness (QED) is 0.564. The van der Waals surface area contributed by atoms with Crippen LogP contribution >= 0.6 is 0 Å². The summed E-state index contributed by atoms with van der Waals surface area (Å²) in [5, 5.41) is 9.43. The fraction of sp³-hybridized carbons (Fsp3) is 0.222. The number of fused-ring (bicyclic) bond motifs is 1. The normalized spacial score (nSPS) is 15.5. The predicted octanol–water partition coefficient (Wildman–Crippen LogP) is 4.37. The Morgan fingerprint density at radius 2 is 1.67 bits per heavy atom. The van der Waals surface area contributed by atoms with E-state index < -0.39 is 18.0 Å². The molecule has 0 bridgehead atoms. The number of hydrogen-bond donors (Lipinski definition) is 2. The summed E-state index contributed by atoms with van der Waals surface area (Å²) in [6.45, 7) is 0.232. The van der Waals surface area contributed by atoms with Crippen molar-refractivity contribution in [2.45, 2.75) is 31.8 Å². The van der Waals surface area contributed by atoms with E-state index in [2.05, 4.69) is 4.98 Å². The average molecular weight is 489 g/mol. The summed E-state index contributed by atoms with van der Waals surface area (Å²) in [6, 6.07) is 18.7. The second-order valence-electron chi connectivity index (χ2n) is 8.74. The highest BCUT2D eigenvalue weighted by molar-refractivity contribution is 5.69.